The highest BCUT2D eigenvalue weighted by molar-refractivity contribution is 5.32. The van der Waals surface area contributed by atoms with E-state index in [1.807, 2.05) is 6.07 Å². The van der Waals surface area contributed by atoms with Crippen LogP contribution < -0.4 is 5.73 Å². The maximum Gasteiger partial charge on any atom is 0.0762 e. The van der Waals surface area contributed by atoms with Crippen molar-refractivity contribution in [2.75, 3.05) is 0 Å². The van der Waals surface area contributed by atoms with Gasteiger partial charge in [0.2, 0.25) is 0 Å². The molecule has 3 heteroatoms. The highest BCUT2D eigenvalue weighted by atomic mass is 14.8. The van der Waals surface area contributed by atoms with Crippen LogP contribution >= 0.6 is 0 Å². The molecule has 0 radical (unpaired) electrons. The van der Waals surface area contributed by atoms with E-state index in [2.05, 4.69) is 34.2 Å². The second kappa shape index (κ2) is 4.50. The van der Waals surface area contributed by atoms with Crippen molar-refractivity contribution < 1.29 is 0 Å². The Balaban J connectivity index is 1.98. The number of benzene rings is 1. The third kappa shape index (κ3) is 1.71. The molecule has 1 heterocycles. The lowest BCUT2D eigenvalue weighted by Gasteiger charge is -2.46. The first kappa shape index (κ1) is 11.4. The van der Waals surface area contributed by atoms with E-state index >= 15 is 0 Å². The maximum atomic E-state index is 6.46. The first-order valence-corrected chi connectivity index (χ1v) is 6.40. The van der Waals surface area contributed by atoms with Crippen molar-refractivity contribution in [3.63, 3.8) is 0 Å². The van der Waals surface area contributed by atoms with Crippen LogP contribution in [0.5, 0.6) is 0 Å². The Bertz CT molecular complexity index is 506. The smallest absolute Gasteiger partial charge is 0.0762 e. The number of hydrogen-bond acceptors (Lipinski definition) is 3. The summed E-state index contributed by atoms with van der Waals surface area (Å²) in [5.74, 6) is 0. The molecule has 2 aromatic rings. The minimum absolute atomic E-state index is 0.0529. The number of hydrogen-bond donors (Lipinski definition) is 1. The molecular weight excluding hydrogens is 222 g/mol. The molecule has 3 nitrogen and oxygen atoms in total. The largest absolute Gasteiger partial charge is 0.322 e. The molecule has 1 aliphatic rings. The summed E-state index contributed by atoms with van der Waals surface area (Å²) < 4.78 is 0. The molecule has 92 valence electrons. The van der Waals surface area contributed by atoms with Gasteiger partial charge in [-0.3, -0.25) is 9.97 Å². The number of nitrogens with two attached hydrogens (primary N) is 1. The Morgan fingerprint density at radius 3 is 2.44 bits per heavy atom. The molecule has 2 N–H and O–H groups in total. The molecule has 0 bridgehead atoms. The highest BCUT2D eigenvalue weighted by Gasteiger charge is 2.44. The minimum atomic E-state index is -0.0673. The molecule has 0 saturated heterocycles. The van der Waals surface area contributed by atoms with Gasteiger partial charge in [-0.2, -0.15) is 0 Å². The monoisotopic (exact) mass is 239 g/mol. The fourth-order valence-electron chi connectivity index (χ4n) is 2.86. The maximum absolute atomic E-state index is 6.46. The van der Waals surface area contributed by atoms with E-state index in [4.69, 9.17) is 5.73 Å². The number of rotatable bonds is 3. The topological polar surface area (TPSA) is 51.8 Å². The molecular formula is C15H17N3. The minimum Gasteiger partial charge on any atom is -0.322 e. The first-order chi connectivity index (χ1) is 8.83. The van der Waals surface area contributed by atoms with Crippen molar-refractivity contribution in [1.82, 2.24) is 9.97 Å². The third-order valence-electron chi connectivity index (χ3n) is 4.09. The molecule has 0 aliphatic heterocycles. The van der Waals surface area contributed by atoms with Crippen LogP contribution in [-0.4, -0.2) is 9.97 Å². The molecule has 0 spiro atoms. The van der Waals surface area contributed by atoms with E-state index < -0.39 is 0 Å². The van der Waals surface area contributed by atoms with Gasteiger partial charge in [0, 0.05) is 24.0 Å². The highest BCUT2D eigenvalue weighted by Crippen LogP contribution is 2.50. The predicted octanol–water partition coefficient (Wildman–Crippen LogP) is 2.60. The first-order valence-electron chi connectivity index (χ1n) is 6.40. The predicted molar refractivity (Wildman–Crippen MR) is 70.9 cm³/mol. The lowest BCUT2D eigenvalue weighted by Crippen LogP contribution is -2.44. The van der Waals surface area contributed by atoms with Crippen LogP contribution in [0, 0.1) is 0 Å². The molecule has 1 saturated carbocycles. The van der Waals surface area contributed by atoms with E-state index in [1.165, 1.54) is 12.0 Å². The van der Waals surface area contributed by atoms with Crippen LogP contribution in [0.1, 0.15) is 36.6 Å². The van der Waals surface area contributed by atoms with Gasteiger partial charge in [-0.1, -0.05) is 36.8 Å². The summed E-state index contributed by atoms with van der Waals surface area (Å²) in [6, 6.07) is 10.5. The number of aromatic nitrogens is 2. The zero-order valence-corrected chi connectivity index (χ0v) is 10.3. The van der Waals surface area contributed by atoms with Crippen LogP contribution in [0.4, 0.5) is 0 Å². The van der Waals surface area contributed by atoms with E-state index in [1.54, 1.807) is 18.6 Å². The average molecular weight is 239 g/mol. The zero-order valence-electron chi connectivity index (χ0n) is 10.3. The summed E-state index contributed by atoms with van der Waals surface area (Å²) in [5.41, 5.74) is 8.74. The Kier molecular flexibility index (Phi) is 2.84. The summed E-state index contributed by atoms with van der Waals surface area (Å²) in [5, 5.41) is 0. The Morgan fingerprint density at radius 2 is 1.89 bits per heavy atom. The van der Waals surface area contributed by atoms with Crippen LogP contribution in [0.15, 0.2) is 48.9 Å². The molecule has 1 fully saturated rings. The van der Waals surface area contributed by atoms with Gasteiger partial charge in [0.05, 0.1) is 11.7 Å². The fourth-order valence-corrected chi connectivity index (χ4v) is 2.86. The Hall–Kier alpha value is -1.74. The Morgan fingerprint density at radius 1 is 1.11 bits per heavy atom. The van der Waals surface area contributed by atoms with Crippen molar-refractivity contribution in [1.29, 1.82) is 0 Å². The molecule has 1 aromatic heterocycles. The van der Waals surface area contributed by atoms with Crippen LogP contribution in [-0.2, 0) is 5.41 Å². The second-order valence-electron chi connectivity index (χ2n) is 4.98. The van der Waals surface area contributed by atoms with Gasteiger partial charge in [0.25, 0.3) is 0 Å². The van der Waals surface area contributed by atoms with Crippen molar-refractivity contribution in [3.8, 4) is 0 Å². The van der Waals surface area contributed by atoms with E-state index in [-0.39, 0.29) is 11.5 Å². The fraction of sp³-hybridized carbons (Fsp3) is 0.333. The SMILES string of the molecule is NC(c1cnccn1)C1(c2ccccc2)CCC1. The van der Waals surface area contributed by atoms with Gasteiger partial charge in [-0.05, 0) is 18.4 Å². The van der Waals surface area contributed by atoms with Crippen LogP contribution in [0.2, 0.25) is 0 Å². The quantitative estimate of drug-likeness (QED) is 0.895. The van der Waals surface area contributed by atoms with Crippen molar-refractivity contribution in [2.24, 2.45) is 5.73 Å². The molecule has 1 unspecified atom stereocenters. The molecule has 3 rings (SSSR count). The van der Waals surface area contributed by atoms with E-state index in [0.29, 0.717) is 0 Å². The summed E-state index contributed by atoms with van der Waals surface area (Å²) in [4.78, 5) is 8.49. The van der Waals surface area contributed by atoms with Gasteiger partial charge in [-0.15, -0.1) is 0 Å². The second-order valence-corrected chi connectivity index (χ2v) is 4.98. The average Bonchev–Trinajstić information content (AvgIpc) is 2.40. The van der Waals surface area contributed by atoms with Crippen LogP contribution in [0.3, 0.4) is 0 Å². The lowest BCUT2D eigenvalue weighted by molar-refractivity contribution is 0.193. The molecule has 18 heavy (non-hydrogen) atoms. The Labute approximate surface area is 107 Å². The zero-order chi connectivity index (χ0) is 12.4. The standard InChI is InChI=1S/C15H17N3/c16-14(13-11-17-9-10-18-13)15(7-4-8-15)12-5-2-1-3-6-12/h1-3,5-6,9-11,14H,4,7-8,16H2. The lowest BCUT2D eigenvalue weighted by atomic mass is 9.59. The summed E-state index contributed by atoms with van der Waals surface area (Å²) >= 11 is 0. The third-order valence-corrected chi connectivity index (χ3v) is 4.09. The summed E-state index contributed by atoms with van der Waals surface area (Å²) in [6.07, 6.45) is 8.69. The van der Waals surface area contributed by atoms with Crippen molar-refractivity contribution in [2.45, 2.75) is 30.7 Å². The van der Waals surface area contributed by atoms with Crippen molar-refractivity contribution in [3.05, 3.63) is 60.2 Å². The molecule has 1 aliphatic carbocycles. The number of nitrogens with zero attached hydrogens (tertiary/aromatic N) is 2. The molecule has 1 aromatic carbocycles. The van der Waals surface area contributed by atoms with Gasteiger partial charge >= 0.3 is 0 Å². The molecule has 0 amide bonds. The van der Waals surface area contributed by atoms with Gasteiger partial charge in [-0.25, -0.2) is 0 Å². The van der Waals surface area contributed by atoms with Gasteiger partial charge < -0.3 is 5.73 Å². The van der Waals surface area contributed by atoms with E-state index in [0.717, 1.165) is 18.5 Å². The normalized spacial score (nSPS) is 18.9. The summed E-state index contributed by atoms with van der Waals surface area (Å²) in [6.45, 7) is 0. The summed E-state index contributed by atoms with van der Waals surface area (Å²) in [7, 11) is 0. The molecule has 1 atom stereocenters. The van der Waals surface area contributed by atoms with Crippen molar-refractivity contribution >= 4 is 0 Å². The van der Waals surface area contributed by atoms with E-state index in [9.17, 15) is 0 Å². The van der Waals surface area contributed by atoms with Gasteiger partial charge in [0.15, 0.2) is 0 Å². The van der Waals surface area contributed by atoms with Gasteiger partial charge in [0.1, 0.15) is 0 Å². The van der Waals surface area contributed by atoms with Crippen LogP contribution in [0.25, 0.3) is 0 Å².